The lowest BCUT2D eigenvalue weighted by molar-refractivity contribution is 0.249. The summed E-state index contributed by atoms with van der Waals surface area (Å²) in [5.74, 6) is 0.981. The SMILES string of the molecule is COc1ccccc1N1CCN(CCCCCCN2CC=C(c3c[nH]c4cc(Cl)ccc34)CC2)CC1. The van der Waals surface area contributed by atoms with Gasteiger partial charge in [-0.1, -0.05) is 48.7 Å². The summed E-state index contributed by atoms with van der Waals surface area (Å²) in [5, 5.41) is 2.06. The number of aromatic nitrogens is 1. The fourth-order valence-corrected chi connectivity index (χ4v) is 5.82. The van der Waals surface area contributed by atoms with Gasteiger partial charge in [0.05, 0.1) is 12.8 Å². The van der Waals surface area contributed by atoms with E-state index in [1.165, 1.54) is 61.0 Å². The van der Waals surface area contributed by atoms with E-state index in [9.17, 15) is 0 Å². The zero-order valence-electron chi connectivity index (χ0n) is 21.5. The van der Waals surface area contributed by atoms with Crippen molar-refractivity contribution in [1.29, 1.82) is 0 Å². The first-order valence-corrected chi connectivity index (χ1v) is 13.9. The third-order valence-corrected chi connectivity index (χ3v) is 8.01. The van der Waals surface area contributed by atoms with Crippen molar-refractivity contribution in [3.8, 4) is 5.75 Å². The topological polar surface area (TPSA) is 34.7 Å². The molecule has 5 nitrogen and oxygen atoms in total. The van der Waals surface area contributed by atoms with E-state index in [1.807, 2.05) is 18.2 Å². The minimum Gasteiger partial charge on any atom is -0.495 e. The van der Waals surface area contributed by atoms with E-state index in [1.54, 1.807) is 7.11 Å². The maximum absolute atomic E-state index is 6.14. The van der Waals surface area contributed by atoms with Gasteiger partial charge in [-0.25, -0.2) is 0 Å². The number of benzene rings is 2. The minimum atomic E-state index is 0.784. The molecule has 1 N–H and O–H groups in total. The molecule has 0 aliphatic carbocycles. The number of anilines is 1. The third kappa shape index (κ3) is 6.08. The Morgan fingerprint density at radius 2 is 1.67 bits per heavy atom. The highest BCUT2D eigenvalue weighted by molar-refractivity contribution is 6.31. The summed E-state index contributed by atoms with van der Waals surface area (Å²) in [4.78, 5) is 11.1. The Bertz CT molecular complexity index is 1160. The standard InChI is InChI=1S/C30H39ClN4O/c1-36-30-9-5-4-8-29(30)35-20-18-34(19-21-35)15-7-3-2-6-14-33-16-12-24(13-17-33)27-23-32-28-22-25(31)10-11-26(27)28/h4-5,8-12,22-23,32H,2-3,6-7,13-21H2,1H3. The second-order valence-corrected chi connectivity index (χ2v) is 10.5. The number of H-pyrrole nitrogens is 1. The second kappa shape index (κ2) is 12.2. The fraction of sp³-hybridized carbons (Fsp3) is 0.467. The smallest absolute Gasteiger partial charge is 0.142 e. The number of nitrogens with one attached hydrogen (secondary N) is 1. The molecule has 0 saturated carbocycles. The summed E-state index contributed by atoms with van der Waals surface area (Å²) < 4.78 is 5.55. The summed E-state index contributed by atoms with van der Waals surface area (Å²) >= 11 is 6.14. The van der Waals surface area contributed by atoms with Crippen LogP contribution in [0.25, 0.3) is 16.5 Å². The molecular formula is C30H39ClN4O. The molecule has 192 valence electrons. The number of fused-ring (bicyclic) bond motifs is 1. The van der Waals surface area contributed by atoms with E-state index >= 15 is 0 Å². The largest absolute Gasteiger partial charge is 0.495 e. The van der Waals surface area contributed by atoms with Crippen molar-refractivity contribution >= 4 is 33.8 Å². The molecule has 2 aliphatic rings. The molecule has 3 aromatic rings. The van der Waals surface area contributed by atoms with Gasteiger partial charge in [-0.3, -0.25) is 9.80 Å². The van der Waals surface area contributed by atoms with Crippen LogP contribution in [0.4, 0.5) is 5.69 Å². The Morgan fingerprint density at radius 3 is 2.42 bits per heavy atom. The second-order valence-electron chi connectivity index (χ2n) is 10.1. The van der Waals surface area contributed by atoms with Crippen molar-refractivity contribution < 1.29 is 4.74 Å². The molecule has 2 aromatic carbocycles. The number of piperazine rings is 1. The van der Waals surface area contributed by atoms with Gasteiger partial charge in [-0.15, -0.1) is 0 Å². The van der Waals surface area contributed by atoms with Crippen LogP contribution in [0.1, 0.15) is 37.7 Å². The van der Waals surface area contributed by atoms with Crippen molar-refractivity contribution in [2.75, 3.05) is 64.4 Å². The molecule has 0 bridgehead atoms. The summed E-state index contributed by atoms with van der Waals surface area (Å²) in [5.41, 5.74) is 5.15. The van der Waals surface area contributed by atoms with Gasteiger partial charge in [-0.05, 0) is 62.2 Å². The summed E-state index contributed by atoms with van der Waals surface area (Å²) in [6.45, 7) is 9.10. The van der Waals surface area contributed by atoms with Crippen LogP contribution in [0, 0.1) is 0 Å². The van der Waals surface area contributed by atoms with Crippen LogP contribution >= 0.6 is 11.6 Å². The van der Waals surface area contributed by atoms with Crippen LogP contribution in [-0.4, -0.2) is 74.3 Å². The fourth-order valence-electron chi connectivity index (χ4n) is 5.65. The van der Waals surface area contributed by atoms with E-state index in [0.717, 1.165) is 62.0 Å². The number of para-hydroxylation sites is 2. The number of ether oxygens (including phenoxy) is 1. The predicted octanol–water partition coefficient (Wildman–Crippen LogP) is 6.30. The van der Waals surface area contributed by atoms with Gasteiger partial charge in [0.2, 0.25) is 0 Å². The first kappa shape index (κ1) is 25.2. The Hall–Kier alpha value is -2.47. The highest BCUT2D eigenvalue weighted by Crippen LogP contribution is 2.31. The van der Waals surface area contributed by atoms with Crippen LogP contribution in [0.5, 0.6) is 5.75 Å². The molecule has 0 unspecified atom stereocenters. The van der Waals surface area contributed by atoms with Gasteiger partial charge in [0.15, 0.2) is 0 Å². The molecule has 1 aromatic heterocycles. The van der Waals surface area contributed by atoms with Crippen LogP contribution in [-0.2, 0) is 0 Å². The molecule has 0 spiro atoms. The van der Waals surface area contributed by atoms with Crippen LogP contribution < -0.4 is 9.64 Å². The first-order chi connectivity index (χ1) is 17.7. The Kier molecular flexibility index (Phi) is 8.52. The van der Waals surface area contributed by atoms with E-state index < -0.39 is 0 Å². The first-order valence-electron chi connectivity index (χ1n) is 13.5. The highest BCUT2D eigenvalue weighted by Gasteiger charge is 2.19. The molecule has 1 fully saturated rings. The lowest BCUT2D eigenvalue weighted by Crippen LogP contribution is -2.46. The molecule has 1 saturated heterocycles. The molecule has 0 radical (unpaired) electrons. The molecule has 36 heavy (non-hydrogen) atoms. The van der Waals surface area contributed by atoms with E-state index in [2.05, 4.69) is 56.2 Å². The van der Waals surface area contributed by atoms with E-state index in [4.69, 9.17) is 16.3 Å². The number of unbranched alkanes of at least 4 members (excludes halogenated alkanes) is 3. The number of rotatable bonds is 10. The summed E-state index contributed by atoms with van der Waals surface area (Å²) in [6, 6.07) is 14.5. The zero-order chi connectivity index (χ0) is 24.7. The van der Waals surface area contributed by atoms with Gasteiger partial charge in [0, 0.05) is 67.0 Å². The van der Waals surface area contributed by atoms with Crippen molar-refractivity contribution in [1.82, 2.24) is 14.8 Å². The predicted molar refractivity (Wildman–Crippen MR) is 152 cm³/mol. The van der Waals surface area contributed by atoms with Crippen molar-refractivity contribution in [2.24, 2.45) is 0 Å². The van der Waals surface area contributed by atoms with Crippen molar-refractivity contribution in [3.63, 3.8) is 0 Å². The molecule has 5 rings (SSSR count). The monoisotopic (exact) mass is 506 g/mol. The Balaban J connectivity index is 0.966. The minimum absolute atomic E-state index is 0.784. The molecule has 0 atom stereocenters. The number of halogens is 1. The number of methoxy groups -OCH3 is 1. The molecule has 6 heteroatoms. The summed E-state index contributed by atoms with van der Waals surface area (Å²) in [7, 11) is 1.76. The van der Waals surface area contributed by atoms with Crippen LogP contribution in [0.15, 0.2) is 54.7 Å². The average molecular weight is 507 g/mol. The normalized spacial score (nSPS) is 17.5. The number of hydrogen-bond acceptors (Lipinski definition) is 4. The Labute approximate surface area is 220 Å². The van der Waals surface area contributed by atoms with Gasteiger partial charge in [0.25, 0.3) is 0 Å². The quantitative estimate of drug-likeness (QED) is 0.327. The highest BCUT2D eigenvalue weighted by atomic mass is 35.5. The third-order valence-electron chi connectivity index (χ3n) is 7.78. The Morgan fingerprint density at radius 1 is 0.889 bits per heavy atom. The van der Waals surface area contributed by atoms with Crippen molar-refractivity contribution in [2.45, 2.75) is 32.1 Å². The van der Waals surface area contributed by atoms with Gasteiger partial charge in [-0.2, -0.15) is 0 Å². The number of hydrogen-bond donors (Lipinski definition) is 1. The van der Waals surface area contributed by atoms with Crippen LogP contribution in [0.2, 0.25) is 5.02 Å². The van der Waals surface area contributed by atoms with Gasteiger partial charge < -0.3 is 14.6 Å². The number of nitrogens with zero attached hydrogens (tertiary/aromatic N) is 3. The van der Waals surface area contributed by atoms with Crippen LogP contribution in [0.3, 0.4) is 0 Å². The number of aromatic amines is 1. The molecular weight excluding hydrogens is 468 g/mol. The van der Waals surface area contributed by atoms with Crippen molar-refractivity contribution in [3.05, 3.63) is 65.3 Å². The maximum atomic E-state index is 6.14. The average Bonchev–Trinajstić information content (AvgIpc) is 3.34. The summed E-state index contributed by atoms with van der Waals surface area (Å²) in [6.07, 6.45) is 11.0. The molecule has 0 amide bonds. The lowest BCUT2D eigenvalue weighted by Gasteiger charge is -2.36. The van der Waals surface area contributed by atoms with E-state index in [0.29, 0.717) is 0 Å². The van der Waals surface area contributed by atoms with E-state index in [-0.39, 0.29) is 0 Å². The maximum Gasteiger partial charge on any atom is 0.142 e. The molecule has 2 aliphatic heterocycles. The lowest BCUT2D eigenvalue weighted by atomic mass is 9.99. The van der Waals surface area contributed by atoms with Gasteiger partial charge in [0.1, 0.15) is 5.75 Å². The van der Waals surface area contributed by atoms with Gasteiger partial charge >= 0.3 is 0 Å². The molecule has 3 heterocycles. The zero-order valence-corrected chi connectivity index (χ0v) is 22.3.